The molecule has 1 aromatic carbocycles. The molecule has 11 nitrogen and oxygen atoms in total. The van der Waals surface area contributed by atoms with Crippen LogP contribution in [0.25, 0.3) is 0 Å². The molecule has 3 rings (SSSR count). The lowest BCUT2D eigenvalue weighted by Crippen LogP contribution is -2.41. The van der Waals surface area contributed by atoms with E-state index in [1.807, 2.05) is 6.92 Å². The van der Waals surface area contributed by atoms with E-state index in [0.29, 0.717) is 5.95 Å². The van der Waals surface area contributed by atoms with E-state index in [-0.39, 0.29) is 36.2 Å². The first-order valence-electron chi connectivity index (χ1n) is 9.60. The number of carbonyl (C=O) groups is 1. The molecule has 1 saturated heterocycles. The van der Waals surface area contributed by atoms with E-state index in [1.165, 1.54) is 6.07 Å². The van der Waals surface area contributed by atoms with Gasteiger partial charge in [0.25, 0.3) is 0 Å². The van der Waals surface area contributed by atoms with Crippen LogP contribution in [0.2, 0.25) is 0 Å². The Kier molecular flexibility index (Phi) is 6.43. The predicted octanol–water partition coefficient (Wildman–Crippen LogP) is 0.00394. The number of ether oxygens (including phenoxy) is 1. The molecule has 1 fully saturated rings. The van der Waals surface area contributed by atoms with Crippen molar-refractivity contribution in [2.24, 2.45) is 0 Å². The molecular weight excluding hydrogens is 424 g/mol. The van der Waals surface area contributed by atoms with Gasteiger partial charge >= 0.3 is 5.97 Å². The second-order valence-electron chi connectivity index (χ2n) is 7.64. The van der Waals surface area contributed by atoms with Crippen LogP contribution in [0, 0.1) is 13.8 Å². The van der Waals surface area contributed by atoms with Crippen molar-refractivity contribution in [3.8, 4) is 0 Å². The number of aromatic nitrogens is 3. The molecular formula is C19H26N6O5S. The molecule has 2 atom stereocenters. The highest BCUT2D eigenvalue weighted by Crippen LogP contribution is 2.28. The molecule has 0 bridgehead atoms. The van der Waals surface area contributed by atoms with E-state index in [2.05, 4.69) is 15.0 Å². The summed E-state index contributed by atoms with van der Waals surface area (Å²) in [5.41, 5.74) is 7.42. The van der Waals surface area contributed by atoms with Gasteiger partial charge in [-0.2, -0.15) is 19.3 Å². The van der Waals surface area contributed by atoms with Crippen molar-refractivity contribution in [1.82, 2.24) is 19.3 Å². The number of sulfonamides is 1. The number of nitrogens with zero attached hydrogens (tertiary/aromatic N) is 5. The molecule has 12 heteroatoms. The maximum Gasteiger partial charge on any atom is 0.325 e. The zero-order chi connectivity index (χ0) is 22.9. The van der Waals surface area contributed by atoms with Crippen molar-refractivity contribution in [2.45, 2.75) is 43.9 Å². The van der Waals surface area contributed by atoms with E-state index in [4.69, 9.17) is 10.5 Å². The number of carbonyl (C=O) groups excluding carboxylic acids is 1. The molecule has 0 spiro atoms. The lowest BCUT2D eigenvalue weighted by atomic mass is 10.1. The minimum absolute atomic E-state index is 0.0278. The molecule has 31 heavy (non-hydrogen) atoms. The lowest BCUT2D eigenvalue weighted by molar-refractivity contribution is -0.149. The van der Waals surface area contributed by atoms with E-state index in [9.17, 15) is 18.3 Å². The molecule has 3 N–H and O–H groups in total. The maximum absolute atomic E-state index is 13.1. The van der Waals surface area contributed by atoms with Crippen molar-refractivity contribution < 1.29 is 23.1 Å². The predicted molar refractivity (Wildman–Crippen MR) is 113 cm³/mol. The van der Waals surface area contributed by atoms with Gasteiger partial charge in [-0.25, -0.2) is 8.42 Å². The number of hydrogen-bond acceptors (Lipinski definition) is 10. The third-order valence-corrected chi connectivity index (χ3v) is 6.89. The van der Waals surface area contributed by atoms with Gasteiger partial charge in [-0.3, -0.25) is 4.79 Å². The van der Waals surface area contributed by atoms with Gasteiger partial charge in [0.2, 0.25) is 21.9 Å². The van der Waals surface area contributed by atoms with Gasteiger partial charge in [0.15, 0.2) is 12.4 Å². The van der Waals surface area contributed by atoms with Crippen molar-refractivity contribution in [1.29, 1.82) is 0 Å². The molecule has 0 saturated carbocycles. The summed E-state index contributed by atoms with van der Waals surface area (Å²) < 4.78 is 32.6. The summed E-state index contributed by atoms with van der Waals surface area (Å²) >= 11 is 0. The first-order valence-corrected chi connectivity index (χ1v) is 11.0. The Balaban J connectivity index is 1.79. The van der Waals surface area contributed by atoms with Crippen LogP contribution in [0.3, 0.4) is 0 Å². The largest absolute Gasteiger partial charge is 0.456 e. The second kappa shape index (κ2) is 8.73. The van der Waals surface area contributed by atoms with Crippen LogP contribution in [-0.4, -0.2) is 71.5 Å². The van der Waals surface area contributed by atoms with Crippen LogP contribution in [0.15, 0.2) is 23.1 Å². The normalized spacial score (nSPS) is 19.4. The molecule has 0 unspecified atom stereocenters. The van der Waals surface area contributed by atoms with E-state index in [0.717, 1.165) is 15.4 Å². The molecule has 0 aliphatic carbocycles. The highest BCUT2D eigenvalue weighted by atomic mass is 32.2. The lowest BCUT2D eigenvalue weighted by Gasteiger charge is -2.22. The SMILES string of the molecule is Cc1ccc(S(=O)(=O)N2C[C@H](O)C[C@@H]2C(=O)OCc2nc(N)nc(N(C)C)n2)cc1C. The number of aliphatic hydroxyl groups excluding tert-OH is 1. The summed E-state index contributed by atoms with van der Waals surface area (Å²) in [7, 11) is -0.564. The van der Waals surface area contributed by atoms with Gasteiger partial charge in [-0.05, 0) is 37.1 Å². The number of anilines is 2. The number of aliphatic hydroxyl groups is 1. The third-order valence-electron chi connectivity index (χ3n) is 5.02. The van der Waals surface area contributed by atoms with Gasteiger partial charge < -0.3 is 20.5 Å². The van der Waals surface area contributed by atoms with Crippen LogP contribution in [0.5, 0.6) is 0 Å². The first kappa shape index (κ1) is 22.8. The minimum Gasteiger partial charge on any atom is -0.456 e. The van der Waals surface area contributed by atoms with Gasteiger partial charge in [0.1, 0.15) is 6.04 Å². The number of benzene rings is 1. The van der Waals surface area contributed by atoms with Crippen molar-refractivity contribution in [3.63, 3.8) is 0 Å². The quantitative estimate of drug-likeness (QED) is 0.575. The molecule has 1 aliphatic heterocycles. The number of nitrogen functional groups attached to an aromatic ring is 1. The summed E-state index contributed by atoms with van der Waals surface area (Å²) in [6.07, 6.45) is -1.04. The molecule has 2 heterocycles. The van der Waals surface area contributed by atoms with Gasteiger partial charge in [0.05, 0.1) is 11.0 Å². The Morgan fingerprint density at radius 2 is 1.97 bits per heavy atom. The van der Waals surface area contributed by atoms with Gasteiger partial charge in [0, 0.05) is 27.1 Å². The Labute approximate surface area is 180 Å². The van der Waals surface area contributed by atoms with Crippen LogP contribution < -0.4 is 10.6 Å². The van der Waals surface area contributed by atoms with Crippen LogP contribution in [0.4, 0.5) is 11.9 Å². The average Bonchev–Trinajstić information content (AvgIpc) is 3.10. The minimum atomic E-state index is -4.01. The third kappa shape index (κ3) is 4.92. The fourth-order valence-electron chi connectivity index (χ4n) is 3.20. The summed E-state index contributed by atoms with van der Waals surface area (Å²) in [5, 5.41) is 10.1. The second-order valence-corrected chi connectivity index (χ2v) is 9.53. The number of nitrogens with two attached hydrogens (primary N) is 1. The summed E-state index contributed by atoms with van der Waals surface area (Å²) in [4.78, 5) is 26.4. The monoisotopic (exact) mass is 450 g/mol. The maximum atomic E-state index is 13.1. The van der Waals surface area contributed by atoms with E-state index in [1.54, 1.807) is 38.1 Å². The van der Waals surface area contributed by atoms with Crippen LogP contribution in [-0.2, 0) is 26.2 Å². The Hall–Kier alpha value is -2.83. The van der Waals surface area contributed by atoms with Gasteiger partial charge in [-0.15, -0.1) is 0 Å². The first-order chi connectivity index (χ1) is 14.5. The number of esters is 1. The smallest absolute Gasteiger partial charge is 0.325 e. The van der Waals surface area contributed by atoms with E-state index >= 15 is 0 Å². The molecule has 1 aromatic heterocycles. The Morgan fingerprint density at radius 1 is 1.26 bits per heavy atom. The fraction of sp³-hybridized carbons (Fsp3) is 0.474. The number of rotatable bonds is 6. The summed E-state index contributed by atoms with van der Waals surface area (Å²) in [6, 6.07) is 3.58. The molecule has 2 aromatic rings. The zero-order valence-electron chi connectivity index (χ0n) is 17.8. The Morgan fingerprint density at radius 3 is 2.61 bits per heavy atom. The van der Waals surface area contributed by atoms with Crippen LogP contribution in [0.1, 0.15) is 23.4 Å². The van der Waals surface area contributed by atoms with Gasteiger partial charge in [-0.1, -0.05) is 6.07 Å². The summed E-state index contributed by atoms with van der Waals surface area (Å²) in [5.74, 6) is -0.394. The molecule has 1 aliphatic rings. The number of aryl methyl sites for hydroxylation is 2. The summed E-state index contributed by atoms with van der Waals surface area (Å²) in [6.45, 7) is 3.18. The standard InChI is InChI=1S/C19H26N6O5S/c1-11-5-6-14(7-12(11)2)31(28,29)25-9-13(26)8-15(25)17(27)30-10-16-21-18(20)23-19(22-16)24(3)4/h5-7,13,15,26H,8-10H2,1-4H3,(H2,20,21,22,23)/t13-,15-/m1/s1. The molecule has 0 radical (unpaired) electrons. The highest BCUT2D eigenvalue weighted by molar-refractivity contribution is 7.89. The zero-order valence-corrected chi connectivity index (χ0v) is 18.6. The fourth-order valence-corrected chi connectivity index (χ4v) is 4.91. The number of hydrogen-bond donors (Lipinski definition) is 2. The number of β-amino-alcohol motifs (C(OH)–C–C–N with tert-alkyl or cyclic N) is 1. The van der Waals surface area contributed by atoms with Crippen molar-refractivity contribution in [3.05, 3.63) is 35.2 Å². The van der Waals surface area contributed by atoms with Crippen molar-refractivity contribution in [2.75, 3.05) is 31.3 Å². The highest BCUT2D eigenvalue weighted by Gasteiger charge is 2.44. The van der Waals surface area contributed by atoms with E-state index < -0.39 is 28.1 Å². The average molecular weight is 451 g/mol. The Bertz CT molecular complexity index is 1090. The van der Waals surface area contributed by atoms with Crippen molar-refractivity contribution >= 4 is 27.9 Å². The molecule has 0 amide bonds. The van der Waals surface area contributed by atoms with Crippen LogP contribution >= 0.6 is 0 Å². The molecule has 168 valence electrons. The topological polar surface area (TPSA) is 152 Å².